The molecule has 0 saturated heterocycles. The van der Waals surface area contributed by atoms with Gasteiger partial charge in [0.25, 0.3) is 0 Å². The standard InChI is InChI=1S/C26H25NO3/c1-5-29-24-11-9-20(10-12-24)25-16-22(26(28)30-25)15-21-14-18(3)27(19(21)4)23-8-6-7-17(2)13-23/h6-16H,5H2,1-4H3/b22-15-. The zero-order valence-electron chi connectivity index (χ0n) is 17.7. The van der Waals surface area contributed by atoms with Gasteiger partial charge in [0.1, 0.15) is 11.5 Å². The SMILES string of the molecule is CCOc1ccc(C2=C/C(=C/c3cc(C)n(-c4cccc(C)c4)c3C)C(=O)O2)cc1. The molecule has 1 aromatic heterocycles. The van der Waals surface area contributed by atoms with Crippen molar-refractivity contribution in [3.63, 3.8) is 0 Å². The van der Waals surface area contributed by atoms with Crippen molar-refractivity contribution < 1.29 is 14.3 Å². The van der Waals surface area contributed by atoms with E-state index in [1.165, 1.54) is 5.56 Å². The molecule has 0 N–H and O–H groups in total. The Labute approximate surface area is 177 Å². The molecule has 4 rings (SSSR count). The summed E-state index contributed by atoms with van der Waals surface area (Å²) in [6.45, 7) is 8.79. The number of hydrogen-bond acceptors (Lipinski definition) is 3. The van der Waals surface area contributed by atoms with Gasteiger partial charge in [-0.2, -0.15) is 0 Å². The Kier molecular flexibility index (Phi) is 5.32. The average molecular weight is 399 g/mol. The largest absolute Gasteiger partial charge is 0.494 e. The van der Waals surface area contributed by atoms with E-state index in [1.807, 2.05) is 37.3 Å². The van der Waals surface area contributed by atoms with Crippen LogP contribution in [0.3, 0.4) is 0 Å². The van der Waals surface area contributed by atoms with Crippen molar-refractivity contribution in [3.8, 4) is 11.4 Å². The fraction of sp³-hybridized carbons (Fsp3) is 0.192. The molecule has 4 heteroatoms. The van der Waals surface area contributed by atoms with E-state index >= 15 is 0 Å². The number of aryl methyl sites for hydroxylation is 2. The smallest absolute Gasteiger partial charge is 0.343 e. The lowest BCUT2D eigenvalue weighted by molar-refractivity contribution is -0.130. The maximum atomic E-state index is 12.5. The lowest BCUT2D eigenvalue weighted by Crippen LogP contribution is -2.00. The zero-order chi connectivity index (χ0) is 21.3. The summed E-state index contributed by atoms with van der Waals surface area (Å²) < 4.78 is 13.2. The Bertz CT molecular complexity index is 1160. The highest BCUT2D eigenvalue weighted by Crippen LogP contribution is 2.30. The lowest BCUT2D eigenvalue weighted by atomic mass is 10.1. The van der Waals surface area contributed by atoms with E-state index in [-0.39, 0.29) is 5.97 Å². The van der Waals surface area contributed by atoms with Crippen LogP contribution >= 0.6 is 0 Å². The topological polar surface area (TPSA) is 40.5 Å². The van der Waals surface area contributed by atoms with Gasteiger partial charge in [-0.25, -0.2) is 4.79 Å². The van der Waals surface area contributed by atoms with Crippen LogP contribution in [0, 0.1) is 20.8 Å². The number of benzene rings is 2. The number of carbonyl (C=O) groups is 1. The van der Waals surface area contributed by atoms with Crippen molar-refractivity contribution >= 4 is 17.8 Å². The van der Waals surface area contributed by atoms with Crippen molar-refractivity contribution in [1.29, 1.82) is 0 Å². The van der Waals surface area contributed by atoms with E-state index in [4.69, 9.17) is 9.47 Å². The van der Waals surface area contributed by atoms with Crippen molar-refractivity contribution in [3.05, 3.63) is 94.3 Å². The quantitative estimate of drug-likeness (QED) is 0.403. The van der Waals surface area contributed by atoms with Crippen LogP contribution in [0.4, 0.5) is 0 Å². The van der Waals surface area contributed by atoms with Gasteiger partial charge in [0.05, 0.1) is 12.2 Å². The summed E-state index contributed by atoms with van der Waals surface area (Å²) in [4.78, 5) is 12.5. The third kappa shape index (κ3) is 3.81. The molecule has 0 amide bonds. The monoisotopic (exact) mass is 399 g/mol. The summed E-state index contributed by atoms with van der Waals surface area (Å²) >= 11 is 0. The van der Waals surface area contributed by atoms with Gasteiger partial charge in [-0.15, -0.1) is 0 Å². The van der Waals surface area contributed by atoms with Crippen LogP contribution in [0.15, 0.2) is 66.2 Å². The van der Waals surface area contributed by atoms with Gasteiger partial charge < -0.3 is 14.0 Å². The molecule has 0 spiro atoms. The van der Waals surface area contributed by atoms with Crippen LogP contribution in [0.1, 0.15) is 35.0 Å². The predicted molar refractivity (Wildman–Crippen MR) is 120 cm³/mol. The van der Waals surface area contributed by atoms with Crippen LogP contribution < -0.4 is 4.74 Å². The van der Waals surface area contributed by atoms with Gasteiger partial charge in [-0.05, 0) is 93.4 Å². The van der Waals surface area contributed by atoms with Gasteiger partial charge in [-0.1, -0.05) is 12.1 Å². The maximum Gasteiger partial charge on any atom is 0.343 e. The minimum atomic E-state index is -0.334. The molecule has 0 aliphatic carbocycles. The third-order valence-electron chi connectivity index (χ3n) is 5.22. The van der Waals surface area contributed by atoms with Crippen LogP contribution in [0.25, 0.3) is 17.5 Å². The van der Waals surface area contributed by atoms with Crippen LogP contribution in [-0.4, -0.2) is 17.1 Å². The van der Waals surface area contributed by atoms with E-state index in [1.54, 1.807) is 6.08 Å². The van der Waals surface area contributed by atoms with Crippen molar-refractivity contribution in [2.75, 3.05) is 6.61 Å². The molecule has 2 aromatic carbocycles. The predicted octanol–water partition coefficient (Wildman–Crippen LogP) is 5.78. The Balaban J connectivity index is 1.66. The molecule has 0 unspecified atom stereocenters. The lowest BCUT2D eigenvalue weighted by Gasteiger charge is -2.10. The van der Waals surface area contributed by atoms with Gasteiger partial charge in [0.15, 0.2) is 0 Å². The molecular weight excluding hydrogens is 374 g/mol. The molecular formula is C26H25NO3. The number of rotatable bonds is 5. The van der Waals surface area contributed by atoms with E-state index in [0.29, 0.717) is 17.9 Å². The average Bonchev–Trinajstić information content (AvgIpc) is 3.22. The second kappa shape index (κ2) is 8.07. The summed E-state index contributed by atoms with van der Waals surface area (Å²) in [5.74, 6) is 1.02. The number of ether oxygens (including phenoxy) is 2. The van der Waals surface area contributed by atoms with E-state index < -0.39 is 0 Å². The molecule has 0 atom stereocenters. The highest BCUT2D eigenvalue weighted by molar-refractivity contribution is 6.05. The first-order valence-corrected chi connectivity index (χ1v) is 10.1. The van der Waals surface area contributed by atoms with Crippen molar-refractivity contribution in [1.82, 2.24) is 4.57 Å². The normalized spacial score (nSPS) is 14.7. The number of esters is 1. The summed E-state index contributed by atoms with van der Waals surface area (Å²) in [7, 11) is 0. The molecule has 152 valence electrons. The third-order valence-corrected chi connectivity index (χ3v) is 5.22. The number of aromatic nitrogens is 1. The Hall–Kier alpha value is -3.53. The minimum Gasteiger partial charge on any atom is -0.494 e. The van der Waals surface area contributed by atoms with Gasteiger partial charge >= 0.3 is 5.97 Å². The first kappa shape index (κ1) is 19.8. The van der Waals surface area contributed by atoms with Crippen LogP contribution in [0.2, 0.25) is 0 Å². The molecule has 1 aliphatic heterocycles. The van der Waals surface area contributed by atoms with E-state index in [0.717, 1.165) is 34.0 Å². The molecule has 2 heterocycles. The Morgan fingerprint density at radius 1 is 1.03 bits per heavy atom. The van der Waals surface area contributed by atoms with Gasteiger partial charge in [0, 0.05) is 22.6 Å². The van der Waals surface area contributed by atoms with E-state index in [2.05, 4.69) is 55.7 Å². The fourth-order valence-electron chi connectivity index (χ4n) is 3.78. The molecule has 0 bridgehead atoms. The number of hydrogen-bond donors (Lipinski definition) is 0. The molecule has 0 saturated carbocycles. The van der Waals surface area contributed by atoms with Crippen LogP contribution in [0.5, 0.6) is 5.75 Å². The van der Waals surface area contributed by atoms with E-state index in [9.17, 15) is 4.79 Å². The second-order valence-electron chi connectivity index (χ2n) is 7.46. The summed E-state index contributed by atoms with van der Waals surface area (Å²) in [6, 6.07) is 18.1. The van der Waals surface area contributed by atoms with Crippen molar-refractivity contribution in [2.45, 2.75) is 27.7 Å². The Morgan fingerprint density at radius 3 is 2.50 bits per heavy atom. The zero-order valence-corrected chi connectivity index (χ0v) is 17.7. The first-order chi connectivity index (χ1) is 14.5. The molecule has 3 aromatic rings. The van der Waals surface area contributed by atoms with Crippen LogP contribution in [-0.2, 0) is 9.53 Å². The van der Waals surface area contributed by atoms with Gasteiger partial charge in [-0.3, -0.25) is 0 Å². The molecule has 30 heavy (non-hydrogen) atoms. The molecule has 0 radical (unpaired) electrons. The highest BCUT2D eigenvalue weighted by atomic mass is 16.5. The van der Waals surface area contributed by atoms with Crippen molar-refractivity contribution in [2.24, 2.45) is 0 Å². The maximum absolute atomic E-state index is 12.5. The number of cyclic esters (lactones) is 1. The summed E-state index contributed by atoms with van der Waals surface area (Å²) in [6.07, 6.45) is 3.70. The first-order valence-electron chi connectivity index (χ1n) is 10.1. The van der Waals surface area contributed by atoms with Gasteiger partial charge in [0.2, 0.25) is 0 Å². The molecule has 1 aliphatic rings. The summed E-state index contributed by atoms with van der Waals surface area (Å²) in [5.41, 5.74) is 6.93. The fourth-order valence-corrected chi connectivity index (χ4v) is 3.78. The molecule has 0 fully saturated rings. The molecule has 4 nitrogen and oxygen atoms in total. The minimum absolute atomic E-state index is 0.334. The second-order valence-corrected chi connectivity index (χ2v) is 7.46. The number of carbonyl (C=O) groups excluding carboxylic acids is 1. The number of nitrogens with zero attached hydrogens (tertiary/aromatic N) is 1. The summed E-state index contributed by atoms with van der Waals surface area (Å²) in [5, 5.41) is 0. The highest BCUT2D eigenvalue weighted by Gasteiger charge is 2.23. The Morgan fingerprint density at radius 2 is 1.80 bits per heavy atom.